The van der Waals surface area contributed by atoms with Gasteiger partial charge in [-0.25, -0.2) is 4.79 Å². The zero-order valence-electron chi connectivity index (χ0n) is 15.4. The minimum absolute atomic E-state index is 0. The highest BCUT2D eigenvalue weighted by molar-refractivity contribution is 5.46. The molecule has 4 rings (SSSR count). The highest BCUT2D eigenvalue weighted by atomic mass is 35.5. The Morgan fingerprint density at radius 3 is 2.11 bits per heavy atom. The predicted octanol–water partition coefficient (Wildman–Crippen LogP) is -0.00366. The molecule has 5 nitrogen and oxygen atoms in total. The predicted molar refractivity (Wildman–Crippen MR) is 101 cm³/mol. The third kappa shape index (κ3) is 3.11. The number of aromatic nitrogens is 3. The average Bonchev–Trinajstić information content (AvgIpc) is 2.96. The summed E-state index contributed by atoms with van der Waals surface area (Å²) in [6, 6.07) is 21.4. The van der Waals surface area contributed by atoms with Crippen molar-refractivity contribution in [3.05, 3.63) is 88.5 Å². The Morgan fingerprint density at radius 1 is 0.852 bits per heavy atom. The number of halogens is 1. The van der Waals surface area contributed by atoms with Gasteiger partial charge in [0.2, 0.25) is 0 Å². The number of ether oxygens (including phenoxy) is 1. The topological polar surface area (TPSA) is 40.3 Å². The number of hydrogen-bond donors (Lipinski definition) is 0. The van der Waals surface area contributed by atoms with E-state index in [1.54, 1.807) is 16.4 Å². The highest BCUT2D eigenvalue weighted by Crippen LogP contribution is 2.16. The second-order valence-electron chi connectivity index (χ2n) is 6.30. The van der Waals surface area contributed by atoms with Crippen molar-refractivity contribution < 1.29 is 21.7 Å². The third-order valence-electron chi connectivity index (χ3n) is 4.54. The molecule has 0 N–H and O–H groups in total. The molecule has 0 aliphatic rings. The van der Waals surface area contributed by atoms with Gasteiger partial charge in [-0.3, -0.25) is 0 Å². The van der Waals surface area contributed by atoms with Gasteiger partial charge in [-0.15, -0.1) is 13.8 Å². The second-order valence-corrected chi connectivity index (χ2v) is 6.30. The Hall–Kier alpha value is -3.05. The van der Waals surface area contributed by atoms with Crippen LogP contribution in [0, 0.1) is 13.8 Å². The summed E-state index contributed by atoms with van der Waals surface area (Å²) < 4.78 is 10.6. The molecule has 0 aliphatic heterocycles. The Morgan fingerprint density at radius 2 is 1.48 bits per heavy atom. The Labute approximate surface area is 163 Å². The van der Waals surface area contributed by atoms with Gasteiger partial charge >= 0.3 is 11.3 Å². The summed E-state index contributed by atoms with van der Waals surface area (Å²) in [5.41, 5.74) is 4.45. The van der Waals surface area contributed by atoms with Crippen LogP contribution in [-0.4, -0.2) is 16.4 Å². The molecule has 0 spiro atoms. The van der Waals surface area contributed by atoms with Crippen LogP contribution in [0.5, 0.6) is 5.75 Å². The number of methoxy groups -OCH3 is 1. The number of benzene rings is 2. The largest absolute Gasteiger partial charge is 1.00 e. The van der Waals surface area contributed by atoms with Gasteiger partial charge in [0, 0.05) is 13.0 Å². The summed E-state index contributed by atoms with van der Waals surface area (Å²) in [6.07, 6.45) is 0. The zero-order valence-corrected chi connectivity index (χ0v) is 16.1. The van der Waals surface area contributed by atoms with E-state index < -0.39 is 0 Å². The van der Waals surface area contributed by atoms with Gasteiger partial charge in [0.05, 0.1) is 12.8 Å². The van der Waals surface area contributed by atoms with Crippen LogP contribution in [0.15, 0.2) is 71.5 Å². The van der Waals surface area contributed by atoms with Gasteiger partial charge in [0.25, 0.3) is 0 Å². The van der Waals surface area contributed by atoms with Crippen molar-refractivity contribution in [3.8, 4) is 17.1 Å². The molecule has 0 unspecified atom stereocenters. The number of rotatable bonds is 3. The molecule has 0 amide bonds. The molecule has 0 atom stereocenters. The number of fused-ring (bicyclic) bond motifs is 1. The first-order valence-corrected chi connectivity index (χ1v) is 8.47. The van der Waals surface area contributed by atoms with Gasteiger partial charge in [-0.05, 0) is 49.4 Å². The zero-order chi connectivity index (χ0) is 18.3. The van der Waals surface area contributed by atoms with Crippen molar-refractivity contribution in [2.75, 3.05) is 7.11 Å². The lowest BCUT2D eigenvalue weighted by atomic mass is 10.2. The van der Waals surface area contributed by atoms with Gasteiger partial charge in [0.15, 0.2) is 0 Å². The van der Waals surface area contributed by atoms with Crippen LogP contribution in [0.1, 0.15) is 11.3 Å². The molecule has 138 valence electrons. The molecule has 27 heavy (non-hydrogen) atoms. The van der Waals surface area contributed by atoms with Gasteiger partial charge in [0.1, 0.15) is 17.1 Å². The second kappa shape index (κ2) is 7.29. The summed E-state index contributed by atoms with van der Waals surface area (Å²) in [7, 11) is 1.63. The molecule has 2 aromatic carbocycles. The van der Waals surface area contributed by atoms with Crippen molar-refractivity contribution in [3.63, 3.8) is 0 Å². The fraction of sp³-hybridized carbons (Fsp3) is 0.143. The molecule has 0 aliphatic carbocycles. The summed E-state index contributed by atoms with van der Waals surface area (Å²) in [5, 5.41) is 0. The van der Waals surface area contributed by atoms with E-state index in [9.17, 15) is 4.79 Å². The molecule has 0 saturated heterocycles. The van der Waals surface area contributed by atoms with Crippen LogP contribution in [0.3, 0.4) is 0 Å². The maximum atomic E-state index is 13.4. The van der Waals surface area contributed by atoms with Crippen LogP contribution in [-0.2, 0) is 0 Å². The third-order valence-corrected chi connectivity index (χ3v) is 4.54. The van der Waals surface area contributed by atoms with E-state index in [0.717, 1.165) is 34.0 Å². The monoisotopic (exact) mass is 381 g/mol. The fourth-order valence-electron chi connectivity index (χ4n) is 3.19. The number of pyridine rings is 1. The van der Waals surface area contributed by atoms with Gasteiger partial charge in [-0.2, -0.15) is 0 Å². The normalized spacial score (nSPS) is 10.6. The maximum Gasteiger partial charge on any atom is 0.457 e. The molecule has 2 heterocycles. The first-order chi connectivity index (χ1) is 12.6. The summed E-state index contributed by atoms with van der Waals surface area (Å²) >= 11 is 0. The van der Waals surface area contributed by atoms with Crippen molar-refractivity contribution in [2.24, 2.45) is 0 Å². The highest BCUT2D eigenvalue weighted by Gasteiger charge is 2.25. The lowest BCUT2D eigenvalue weighted by Gasteiger charge is -2.01. The number of nitrogens with zero attached hydrogens (tertiary/aromatic N) is 3. The van der Waals surface area contributed by atoms with Gasteiger partial charge < -0.3 is 17.1 Å². The number of hydrogen-bond acceptors (Lipinski definition) is 2. The lowest BCUT2D eigenvalue weighted by molar-refractivity contribution is -0.606. The van der Waals surface area contributed by atoms with E-state index in [-0.39, 0.29) is 18.1 Å². The minimum Gasteiger partial charge on any atom is -1.00 e. The Balaban J connectivity index is 0.00000210. The molecule has 6 heteroatoms. The lowest BCUT2D eigenvalue weighted by Crippen LogP contribution is -3.00. The summed E-state index contributed by atoms with van der Waals surface area (Å²) in [4.78, 5) is 13.4. The number of aryl methyl sites for hydroxylation is 2. The summed E-state index contributed by atoms with van der Waals surface area (Å²) in [6.45, 7) is 4.03. The molecule has 0 bridgehead atoms. The molecule has 0 fully saturated rings. The maximum absolute atomic E-state index is 13.4. The van der Waals surface area contributed by atoms with E-state index >= 15 is 0 Å². The first-order valence-electron chi connectivity index (χ1n) is 8.47. The molecular weight excluding hydrogens is 362 g/mol. The van der Waals surface area contributed by atoms with Crippen molar-refractivity contribution in [1.29, 1.82) is 0 Å². The van der Waals surface area contributed by atoms with Crippen LogP contribution < -0.4 is 27.3 Å². The van der Waals surface area contributed by atoms with E-state index in [2.05, 4.69) is 0 Å². The van der Waals surface area contributed by atoms with Gasteiger partial charge in [-0.1, -0.05) is 23.8 Å². The molecule has 0 radical (unpaired) electrons. The average molecular weight is 382 g/mol. The molecule has 4 aromatic rings. The van der Waals surface area contributed by atoms with Crippen molar-refractivity contribution in [2.45, 2.75) is 13.8 Å². The van der Waals surface area contributed by atoms with Crippen LogP contribution >= 0.6 is 0 Å². The van der Waals surface area contributed by atoms with E-state index in [1.807, 2.05) is 85.1 Å². The first kappa shape index (κ1) is 18.7. The minimum atomic E-state index is -0.117. The molecule has 2 aromatic heterocycles. The van der Waals surface area contributed by atoms with Crippen molar-refractivity contribution >= 4 is 5.65 Å². The SMILES string of the molecule is COc1ccc(-n2c(=O)n(-c3ccc(C)cc3)[n+]3c(C)cccc23)cc1.[Cl-]. The summed E-state index contributed by atoms with van der Waals surface area (Å²) in [5.74, 6) is 0.757. The fourth-order valence-corrected chi connectivity index (χ4v) is 3.19. The van der Waals surface area contributed by atoms with Crippen molar-refractivity contribution in [1.82, 2.24) is 9.25 Å². The Kier molecular flexibility index (Phi) is 5.06. The standard InChI is InChI=1S/C21H20N3O2.ClH/c1-15-7-9-18(10-8-15)24-21(25)22(17-11-13-19(26-3)14-12-17)20-6-4-5-16(2)23(20)24;/h4-14H,1-3H3;1H/q+1;/p-1. The smallest absolute Gasteiger partial charge is 0.457 e. The quantitative estimate of drug-likeness (QED) is 0.469. The molecule has 0 saturated carbocycles. The van der Waals surface area contributed by atoms with Crippen LogP contribution in [0.25, 0.3) is 17.0 Å². The molecular formula is C21H20ClN3O2. The van der Waals surface area contributed by atoms with Crippen LogP contribution in [0.2, 0.25) is 0 Å². The van der Waals surface area contributed by atoms with E-state index in [4.69, 9.17) is 4.74 Å². The van der Waals surface area contributed by atoms with E-state index in [0.29, 0.717) is 0 Å². The van der Waals surface area contributed by atoms with E-state index in [1.165, 1.54) is 0 Å². The van der Waals surface area contributed by atoms with Crippen LogP contribution in [0.4, 0.5) is 0 Å². The Bertz CT molecular complexity index is 1140.